The van der Waals surface area contributed by atoms with Gasteiger partial charge in [-0.05, 0) is 67.8 Å². The first kappa shape index (κ1) is 22.7. The number of benzene rings is 2. The number of para-hydroxylation sites is 1. The van der Waals surface area contributed by atoms with Crippen LogP contribution in [0.3, 0.4) is 0 Å². The number of furan rings is 1. The molecule has 1 aliphatic rings. The fourth-order valence-corrected chi connectivity index (χ4v) is 6.88. The first-order chi connectivity index (χ1) is 16.3. The molecular weight excluding hydrogens is 477 g/mol. The molecule has 3 heterocycles. The second-order valence-electron chi connectivity index (χ2n) is 8.15. The molecule has 0 unspecified atom stereocenters. The van der Waals surface area contributed by atoms with E-state index in [2.05, 4.69) is 0 Å². The van der Waals surface area contributed by atoms with Gasteiger partial charge in [0.2, 0.25) is 15.9 Å². The molecule has 0 aliphatic carbocycles. The van der Waals surface area contributed by atoms with Gasteiger partial charge in [0.15, 0.2) is 5.13 Å². The van der Waals surface area contributed by atoms with Crippen molar-refractivity contribution in [1.29, 1.82) is 0 Å². The summed E-state index contributed by atoms with van der Waals surface area (Å²) in [5, 5.41) is 0.483. The van der Waals surface area contributed by atoms with Crippen molar-refractivity contribution in [2.45, 2.75) is 37.2 Å². The lowest BCUT2D eigenvalue weighted by Crippen LogP contribution is -2.47. The zero-order valence-electron chi connectivity index (χ0n) is 18.3. The highest BCUT2D eigenvalue weighted by molar-refractivity contribution is 7.89. The number of halogens is 1. The number of aryl methyl sites for hydroxylation is 1. The minimum atomic E-state index is -3.98. The lowest BCUT2D eigenvalue weighted by Gasteiger charge is -2.28. The number of fused-ring (bicyclic) bond motifs is 1. The molecule has 5 rings (SSSR count). The van der Waals surface area contributed by atoms with Crippen LogP contribution in [0, 0.1) is 12.7 Å². The monoisotopic (exact) mass is 499 g/mol. The van der Waals surface area contributed by atoms with E-state index in [1.807, 2.05) is 25.1 Å². The van der Waals surface area contributed by atoms with Crippen LogP contribution in [0.2, 0.25) is 0 Å². The zero-order valence-corrected chi connectivity index (χ0v) is 20.0. The molecule has 34 heavy (non-hydrogen) atoms. The number of amides is 1. The van der Waals surface area contributed by atoms with Crippen LogP contribution >= 0.6 is 11.3 Å². The summed E-state index contributed by atoms with van der Waals surface area (Å²) in [6.07, 6.45) is 2.46. The van der Waals surface area contributed by atoms with Crippen LogP contribution in [-0.4, -0.2) is 36.2 Å². The van der Waals surface area contributed by atoms with Gasteiger partial charge in [-0.15, -0.1) is 0 Å². The van der Waals surface area contributed by atoms with E-state index in [4.69, 9.17) is 9.40 Å². The number of nitrogens with zero attached hydrogens (tertiary/aromatic N) is 3. The van der Waals surface area contributed by atoms with E-state index in [9.17, 15) is 17.6 Å². The Balaban J connectivity index is 1.52. The molecule has 1 aliphatic heterocycles. The molecule has 1 saturated heterocycles. The second kappa shape index (κ2) is 8.94. The maximum atomic E-state index is 13.9. The molecule has 2 aromatic heterocycles. The fraction of sp³-hybridized carbons (Fsp3) is 0.250. The number of carbonyl (C=O) groups is 1. The molecule has 0 spiro atoms. The Bertz CT molecular complexity index is 1430. The topological polar surface area (TPSA) is 83.7 Å². The number of hydrogen-bond donors (Lipinski definition) is 0. The van der Waals surface area contributed by atoms with Gasteiger partial charge in [0.05, 0.1) is 27.9 Å². The highest BCUT2D eigenvalue weighted by atomic mass is 32.2. The van der Waals surface area contributed by atoms with Gasteiger partial charge < -0.3 is 4.42 Å². The second-order valence-corrected chi connectivity index (χ2v) is 11.0. The summed E-state index contributed by atoms with van der Waals surface area (Å²) in [6.45, 7) is 2.30. The molecule has 0 bridgehead atoms. The van der Waals surface area contributed by atoms with E-state index in [0.717, 1.165) is 27.9 Å². The van der Waals surface area contributed by atoms with Crippen LogP contribution in [0.4, 0.5) is 9.52 Å². The zero-order chi connectivity index (χ0) is 23.9. The van der Waals surface area contributed by atoms with E-state index >= 15 is 0 Å². The highest BCUT2D eigenvalue weighted by Crippen LogP contribution is 2.34. The molecule has 4 aromatic rings. The van der Waals surface area contributed by atoms with Crippen molar-refractivity contribution in [2.75, 3.05) is 11.4 Å². The van der Waals surface area contributed by atoms with Crippen LogP contribution in [0.15, 0.2) is 70.2 Å². The van der Waals surface area contributed by atoms with Crippen LogP contribution in [0.25, 0.3) is 10.2 Å². The number of rotatable bonds is 6. The molecule has 1 amide bonds. The standard InChI is InChI=1S/C24H22FN3O4S2/c1-16-5-2-8-21-22(16)26-24(33-21)27(15-18-6-4-14-32-18)23(29)20-7-3-13-28(20)34(30,31)19-11-9-17(25)10-12-19/h2,4-6,8-12,14,20H,3,7,13,15H2,1H3/t20-/m1/s1. The van der Waals surface area contributed by atoms with Crippen molar-refractivity contribution in [3.05, 3.63) is 78.0 Å². The average molecular weight is 500 g/mol. The predicted molar refractivity (Wildman–Crippen MR) is 128 cm³/mol. The van der Waals surface area contributed by atoms with E-state index in [1.54, 1.807) is 12.1 Å². The molecule has 7 nitrogen and oxygen atoms in total. The van der Waals surface area contributed by atoms with Crippen LogP contribution in [0.1, 0.15) is 24.2 Å². The highest BCUT2D eigenvalue weighted by Gasteiger charge is 2.42. The van der Waals surface area contributed by atoms with Crippen LogP contribution < -0.4 is 4.90 Å². The van der Waals surface area contributed by atoms with Crippen molar-refractivity contribution < 1.29 is 22.0 Å². The molecule has 10 heteroatoms. The van der Waals surface area contributed by atoms with Gasteiger partial charge in [-0.1, -0.05) is 23.5 Å². The summed E-state index contributed by atoms with van der Waals surface area (Å²) in [4.78, 5) is 20.0. The Hall–Kier alpha value is -3.08. The van der Waals surface area contributed by atoms with E-state index in [-0.39, 0.29) is 23.9 Å². The van der Waals surface area contributed by atoms with Gasteiger partial charge in [0, 0.05) is 6.54 Å². The third kappa shape index (κ3) is 4.13. The Morgan fingerprint density at radius 1 is 1.21 bits per heavy atom. The van der Waals surface area contributed by atoms with Crippen molar-refractivity contribution >= 4 is 42.6 Å². The van der Waals surface area contributed by atoms with E-state index < -0.39 is 21.9 Å². The Labute approximate surface area is 200 Å². The van der Waals surface area contributed by atoms with Crippen LogP contribution in [-0.2, 0) is 21.4 Å². The number of carbonyl (C=O) groups excluding carboxylic acids is 1. The Kier molecular flexibility index (Phi) is 5.97. The lowest BCUT2D eigenvalue weighted by atomic mass is 10.2. The summed E-state index contributed by atoms with van der Waals surface area (Å²) < 4.78 is 47.7. The molecule has 0 saturated carbocycles. The quantitative estimate of drug-likeness (QED) is 0.383. The van der Waals surface area contributed by atoms with Crippen molar-refractivity contribution in [1.82, 2.24) is 9.29 Å². The van der Waals surface area contributed by atoms with Crippen molar-refractivity contribution in [2.24, 2.45) is 0 Å². The van der Waals surface area contributed by atoms with Crippen LogP contribution in [0.5, 0.6) is 0 Å². The number of sulfonamides is 1. The molecule has 2 aromatic carbocycles. The van der Waals surface area contributed by atoms with Crippen molar-refractivity contribution in [3.63, 3.8) is 0 Å². The molecular formula is C24H22FN3O4S2. The molecule has 0 radical (unpaired) electrons. The normalized spacial score (nSPS) is 16.8. The smallest absolute Gasteiger partial charge is 0.247 e. The maximum absolute atomic E-state index is 13.9. The molecule has 0 N–H and O–H groups in total. The maximum Gasteiger partial charge on any atom is 0.247 e. The average Bonchev–Trinajstić information content (AvgIpc) is 3.58. The van der Waals surface area contributed by atoms with Gasteiger partial charge in [0.1, 0.15) is 17.6 Å². The number of aromatic nitrogens is 1. The summed E-state index contributed by atoms with van der Waals surface area (Å²) in [6, 6.07) is 13.1. The summed E-state index contributed by atoms with van der Waals surface area (Å²) in [5.41, 5.74) is 1.80. The first-order valence-electron chi connectivity index (χ1n) is 10.8. The summed E-state index contributed by atoms with van der Waals surface area (Å²) in [5.74, 6) is -0.324. The van der Waals surface area contributed by atoms with Gasteiger partial charge in [0.25, 0.3) is 0 Å². The Morgan fingerprint density at radius 2 is 2.00 bits per heavy atom. The Morgan fingerprint density at radius 3 is 2.71 bits per heavy atom. The number of hydrogen-bond acceptors (Lipinski definition) is 6. The number of thiazole rings is 1. The van der Waals surface area contributed by atoms with Gasteiger partial charge in [-0.25, -0.2) is 17.8 Å². The third-order valence-corrected chi connectivity index (χ3v) is 8.88. The summed E-state index contributed by atoms with van der Waals surface area (Å²) in [7, 11) is -3.98. The fourth-order valence-electron chi connectivity index (χ4n) is 4.18. The third-order valence-electron chi connectivity index (χ3n) is 5.91. The SMILES string of the molecule is Cc1cccc2sc(N(Cc3ccco3)C(=O)[C@H]3CCCN3S(=O)(=O)c3ccc(F)cc3)nc12. The number of anilines is 1. The summed E-state index contributed by atoms with van der Waals surface area (Å²) >= 11 is 1.38. The minimum Gasteiger partial charge on any atom is -0.467 e. The molecule has 176 valence electrons. The van der Waals surface area contributed by atoms with Gasteiger partial charge in [-0.2, -0.15) is 4.31 Å². The lowest BCUT2D eigenvalue weighted by molar-refractivity contribution is -0.121. The van der Waals surface area contributed by atoms with Gasteiger partial charge in [-0.3, -0.25) is 9.69 Å². The van der Waals surface area contributed by atoms with E-state index in [1.165, 1.54) is 38.9 Å². The molecule has 1 fully saturated rings. The minimum absolute atomic E-state index is 0.0400. The van der Waals surface area contributed by atoms with Gasteiger partial charge >= 0.3 is 0 Å². The molecule has 1 atom stereocenters. The van der Waals surface area contributed by atoms with Crippen molar-refractivity contribution in [3.8, 4) is 0 Å². The predicted octanol–water partition coefficient (Wildman–Crippen LogP) is 4.72. The first-order valence-corrected chi connectivity index (χ1v) is 13.1. The van der Waals surface area contributed by atoms with E-state index in [0.29, 0.717) is 23.7 Å². The largest absolute Gasteiger partial charge is 0.467 e.